The topological polar surface area (TPSA) is 86.7 Å². The molecule has 0 atom stereocenters. The molecule has 2 aromatic rings. The Morgan fingerprint density at radius 1 is 0.867 bits per heavy atom. The van der Waals surface area contributed by atoms with Crippen LogP contribution in [0.4, 0.5) is 0 Å². The zero-order valence-corrected chi connectivity index (χ0v) is 20.9. The molecule has 0 aromatic heterocycles. The molecule has 0 saturated heterocycles. The van der Waals surface area contributed by atoms with Crippen LogP contribution in [0, 0.1) is 0 Å². The minimum Gasteiger partial charge on any atom is -0.872 e. The van der Waals surface area contributed by atoms with Crippen molar-refractivity contribution in [3.8, 4) is 17.2 Å². The summed E-state index contributed by atoms with van der Waals surface area (Å²) in [4.78, 5) is -0.195. The van der Waals surface area contributed by atoms with Crippen LogP contribution in [0.2, 0.25) is 0 Å². The van der Waals surface area contributed by atoms with E-state index in [0.29, 0.717) is 12.2 Å². The number of aryl methyl sites for hydroxylation is 1. The van der Waals surface area contributed by atoms with E-state index in [1.807, 2.05) is 0 Å². The fourth-order valence-corrected chi connectivity index (χ4v) is 3.86. The van der Waals surface area contributed by atoms with Gasteiger partial charge in [-0.3, -0.25) is 4.55 Å². The average Bonchev–Trinajstić information content (AvgIpc) is 2.66. The number of benzene rings is 2. The fourth-order valence-electron chi connectivity index (χ4n) is 3.30. The largest absolute Gasteiger partial charge is 1.00 e. The molecule has 2 rings (SSSR count). The number of hydrogen-bond acceptors (Lipinski definition) is 4. The monoisotopic (exact) mass is 442 g/mol. The van der Waals surface area contributed by atoms with Crippen LogP contribution in [0.15, 0.2) is 47.4 Å². The van der Waals surface area contributed by atoms with Crippen molar-refractivity contribution >= 4 is 10.1 Å². The van der Waals surface area contributed by atoms with Crippen molar-refractivity contribution in [2.75, 3.05) is 0 Å². The van der Waals surface area contributed by atoms with Gasteiger partial charge >= 0.3 is 29.6 Å². The maximum Gasteiger partial charge on any atom is 1.00 e. The Morgan fingerprint density at radius 3 is 2.10 bits per heavy atom. The number of unbranched alkanes of at least 4 members (excludes halogenated alkanes) is 8. The van der Waals surface area contributed by atoms with Crippen LogP contribution in [-0.4, -0.2) is 13.0 Å². The van der Waals surface area contributed by atoms with Crippen molar-refractivity contribution in [1.82, 2.24) is 0 Å². The van der Waals surface area contributed by atoms with E-state index in [0.717, 1.165) is 18.4 Å². The van der Waals surface area contributed by atoms with Gasteiger partial charge < -0.3 is 9.84 Å². The molecule has 1 N–H and O–H groups in total. The van der Waals surface area contributed by atoms with Gasteiger partial charge in [0.05, 0.1) is 4.90 Å². The smallest absolute Gasteiger partial charge is 0.872 e. The predicted molar refractivity (Wildman–Crippen MR) is 113 cm³/mol. The van der Waals surface area contributed by atoms with E-state index < -0.39 is 10.1 Å². The molecule has 0 aliphatic carbocycles. The minimum absolute atomic E-state index is 0. The third kappa shape index (κ3) is 10.3. The molecule has 2 aromatic carbocycles. The van der Waals surface area contributed by atoms with Gasteiger partial charge in [0.25, 0.3) is 10.1 Å². The van der Waals surface area contributed by atoms with Crippen LogP contribution in [-0.2, 0) is 16.5 Å². The zero-order chi connectivity index (χ0) is 21.1. The summed E-state index contributed by atoms with van der Waals surface area (Å²) in [5, 5.41) is 11.5. The molecule has 0 fully saturated rings. The molecule has 0 bridgehead atoms. The van der Waals surface area contributed by atoms with Crippen LogP contribution in [0.25, 0.3) is 0 Å². The summed E-state index contributed by atoms with van der Waals surface area (Å²) in [6.07, 6.45) is 11.6. The molecule has 0 spiro atoms. The Balaban J connectivity index is 0.00000450. The number of ether oxygens (including phenoxy) is 1. The first-order valence-corrected chi connectivity index (χ1v) is 11.9. The van der Waals surface area contributed by atoms with E-state index in [1.54, 1.807) is 18.2 Å². The molecular formula is C23H31NaO5S. The number of hydrogen-bond donors (Lipinski definition) is 1. The van der Waals surface area contributed by atoms with Crippen molar-refractivity contribution < 1.29 is 52.4 Å². The molecule has 0 unspecified atom stereocenters. The third-order valence-corrected chi connectivity index (χ3v) is 5.68. The molecule has 0 aliphatic rings. The van der Waals surface area contributed by atoms with Crippen molar-refractivity contribution in [1.29, 1.82) is 0 Å². The first-order valence-electron chi connectivity index (χ1n) is 10.4. The summed E-state index contributed by atoms with van der Waals surface area (Å²) in [5.74, 6) is 0.430. The maximum atomic E-state index is 11.6. The molecule has 7 heteroatoms. The van der Waals surface area contributed by atoms with E-state index >= 15 is 0 Å². The van der Waals surface area contributed by atoms with Gasteiger partial charge in [0.15, 0.2) is 0 Å². The SMILES string of the molecule is CCCCCCCCCCCc1cc(Oc2cccc([O-])c2)cc(S(=O)(=O)O)c1.[Na+]. The summed E-state index contributed by atoms with van der Waals surface area (Å²) in [6, 6.07) is 10.5. The standard InChI is InChI=1S/C23H32O5S.Na/c1-2-3-4-5-6-7-8-9-10-12-19-15-22(18-23(16-19)29(25,26)27)28-21-14-11-13-20(24)17-21;/h11,13-18,24H,2-10,12H2,1H3,(H,25,26,27);/q;+1/p-1. The second-order valence-electron chi connectivity index (χ2n) is 7.44. The predicted octanol–water partition coefficient (Wildman–Crippen LogP) is 2.88. The van der Waals surface area contributed by atoms with Crippen LogP contribution in [0.1, 0.15) is 70.3 Å². The average molecular weight is 443 g/mol. The second kappa shape index (κ2) is 14.1. The Kier molecular flexibility index (Phi) is 12.7. The normalized spacial score (nSPS) is 11.1. The number of rotatable bonds is 13. The summed E-state index contributed by atoms with van der Waals surface area (Å²) in [7, 11) is -4.34. The van der Waals surface area contributed by atoms with Crippen LogP contribution >= 0.6 is 0 Å². The second-order valence-corrected chi connectivity index (χ2v) is 8.86. The summed E-state index contributed by atoms with van der Waals surface area (Å²) in [5.41, 5.74) is 0.788. The zero-order valence-electron chi connectivity index (χ0n) is 18.1. The Hall–Kier alpha value is -1.05. The van der Waals surface area contributed by atoms with Gasteiger partial charge in [-0.2, -0.15) is 8.42 Å². The Morgan fingerprint density at radius 2 is 1.50 bits per heavy atom. The summed E-state index contributed by atoms with van der Waals surface area (Å²) >= 11 is 0. The van der Waals surface area contributed by atoms with Gasteiger partial charge in [-0.15, -0.1) is 5.75 Å². The Bertz CT molecular complexity index is 868. The molecule has 30 heavy (non-hydrogen) atoms. The molecule has 160 valence electrons. The van der Waals surface area contributed by atoms with Crippen LogP contribution in [0.3, 0.4) is 0 Å². The molecule has 0 aliphatic heterocycles. The van der Waals surface area contributed by atoms with Gasteiger partial charge in [-0.05, 0) is 42.7 Å². The van der Waals surface area contributed by atoms with Gasteiger partial charge in [-0.25, -0.2) is 0 Å². The molecule has 0 heterocycles. The van der Waals surface area contributed by atoms with Crippen LogP contribution < -0.4 is 39.4 Å². The van der Waals surface area contributed by atoms with Crippen molar-refractivity contribution in [2.24, 2.45) is 0 Å². The van der Waals surface area contributed by atoms with Crippen molar-refractivity contribution in [2.45, 2.75) is 76.0 Å². The van der Waals surface area contributed by atoms with Gasteiger partial charge in [0.2, 0.25) is 0 Å². The first kappa shape index (κ1) is 27.0. The van der Waals surface area contributed by atoms with E-state index in [-0.39, 0.29) is 46.0 Å². The Labute approximate surface area is 202 Å². The first-order chi connectivity index (χ1) is 13.9. The van der Waals surface area contributed by atoms with E-state index in [4.69, 9.17) is 4.74 Å². The maximum absolute atomic E-state index is 11.6. The molecule has 0 saturated carbocycles. The van der Waals surface area contributed by atoms with Gasteiger partial charge in [0, 0.05) is 6.07 Å². The van der Waals surface area contributed by atoms with Gasteiger partial charge in [-0.1, -0.05) is 70.4 Å². The van der Waals surface area contributed by atoms with E-state index in [1.165, 1.54) is 69.2 Å². The quantitative estimate of drug-likeness (QED) is 0.293. The third-order valence-electron chi connectivity index (χ3n) is 4.85. The molecular weight excluding hydrogens is 411 g/mol. The summed E-state index contributed by atoms with van der Waals surface area (Å²) < 4.78 is 38.3. The fraction of sp³-hybridized carbons (Fsp3) is 0.478. The molecule has 0 radical (unpaired) electrons. The molecule has 0 amide bonds. The summed E-state index contributed by atoms with van der Waals surface area (Å²) in [6.45, 7) is 2.22. The van der Waals surface area contributed by atoms with E-state index in [9.17, 15) is 18.1 Å². The van der Waals surface area contributed by atoms with Crippen molar-refractivity contribution in [3.63, 3.8) is 0 Å². The van der Waals surface area contributed by atoms with Crippen LogP contribution in [0.5, 0.6) is 17.2 Å². The molecule has 5 nitrogen and oxygen atoms in total. The van der Waals surface area contributed by atoms with E-state index in [2.05, 4.69) is 6.92 Å². The van der Waals surface area contributed by atoms with Gasteiger partial charge in [0.1, 0.15) is 11.5 Å². The minimum atomic E-state index is -4.34. The van der Waals surface area contributed by atoms with Crippen molar-refractivity contribution in [3.05, 3.63) is 48.0 Å².